The van der Waals surface area contributed by atoms with Crippen molar-refractivity contribution in [2.75, 3.05) is 18.7 Å². The van der Waals surface area contributed by atoms with Crippen molar-refractivity contribution < 1.29 is 9.53 Å². The number of fused-ring (bicyclic) bond motifs is 1. The summed E-state index contributed by atoms with van der Waals surface area (Å²) in [5, 5.41) is 7.51. The molecule has 2 aromatic carbocycles. The van der Waals surface area contributed by atoms with Crippen LogP contribution in [-0.2, 0) is 4.79 Å². The van der Waals surface area contributed by atoms with E-state index >= 15 is 0 Å². The first kappa shape index (κ1) is 16.7. The molecule has 4 rings (SSSR count). The highest BCUT2D eigenvalue weighted by atomic mass is 32.2. The number of benzene rings is 2. The van der Waals surface area contributed by atoms with E-state index in [2.05, 4.69) is 40.9 Å². The number of hydrogen-bond acceptors (Lipinski definition) is 4. The molecule has 0 bridgehead atoms. The van der Waals surface area contributed by atoms with E-state index in [1.165, 1.54) is 4.90 Å². The maximum Gasteiger partial charge on any atom is 0.226 e. The highest BCUT2D eigenvalue weighted by Gasteiger charge is 2.30. The van der Waals surface area contributed by atoms with Crippen molar-refractivity contribution >= 4 is 23.5 Å². The fraction of sp³-hybridized carbons (Fsp3) is 0.200. The Bertz CT molecular complexity index is 933. The van der Waals surface area contributed by atoms with Gasteiger partial charge in [0.1, 0.15) is 11.6 Å². The van der Waals surface area contributed by atoms with Crippen LogP contribution in [0.5, 0.6) is 5.75 Å². The molecule has 0 radical (unpaired) electrons. The minimum absolute atomic E-state index is 0.00621. The number of anilines is 1. The van der Waals surface area contributed by atoms with Gasteiger partial charge < -0.3 is 10.1 Å². The summed E-state index contributed by atoms with van der Waals surface area (Å²) in [5.74, 6) is 1.55. The molecule has 0 aliphatic carbocycles. The van der Waals surface area contributed by atoms with Crippen LogP contribution in [0.25, 0.3) is 5.69 Å². The summed E-state index contributed by atoms with van der Waals surface area (Å²) >= 11 is 1.71. The zero-order valence-electron chi connectivity index (χ0n) is 14.6. The summed E-state index contributed by atoms with van der Waals surface area (Å²) in [7, 11) is 1.64. The fourth-order valence-electron chi connectivity index (χ4n) is 3.27. The number of ether oxygens (including phenoxy) is 1. The number of carbonyl (C=O) groups is 1. The van der Waals surface area contributed by atoms with Crippen LogP contribution >= 0.6 is 11.8 Å². The molecule has 1 aromatic heterocycles. The minimum atomic E-state index is 0.00621. The first-order valence-corrected chi connectivity index (χ1v) is 9.58. The number of hydrogen-bond donors (Lipinski definition) is 1. The Hall–Kier alpha value is -2.73. The van der Waals surface area contributed by atoms with Gasteiger partial charge in [-0.15, -0.1) is 11.8 Å². The van der Waals surface area contributed by atoms with Crippen molar-refractivity contribution in [3.63, 3.8) is 0 Å². The zero-order chi connectivity index (χ0) is 18.1. The molecule has 6 heteroatoms. The van der Waals surface area contributed by atoms with Gasteiger partial charge in [-0.05, 0) is 48.2 Å². The van der Waals surface area contributed by atoms with Crippen LogP contribution in [0.15, 0.2) is 59.6 Å². The van der Waals surface area contributed by atoms with Crippen molar-refractivity contribution in [3.8, 4) is 11.4 Å². The van der Waals surface area contributed by atoms with E-state index < -0.39 is 0 Å². The van der Waals surface area contributed by atoms with Crippen LogP contribution < -0.4 is 10.1 Å². The average molecular weight is 365 g/mol. The number of rotatable bonds is 4. The molecule has 0 fully saturated rings. The highest BCUT2D eigenvalue weighted by Crippen LogP contribution is 2.38. The van der Waals surface area contributed by atoms with E-state index in [1.54, 1.807) is 23.6 Å². The molecule has 0 spiro atoms. The summed E-state index contributed by atoms with van der Waals surface area (Å²) in [5.41, 5.74) is 3.05. The molecule has 1 unspecified atom stereocenters. The van der Waals surface area contributed by atoms with E-state index in [0.717, 1.165) is 28.4 Å². The zero-order valence-corrected chi connectivity index (χ0v) is 15.4. The first-order chi connectivity index (χ1) is 12.7. The van der Waals surface area contributed by atoms with Gasteiger partial charge in [0.15, 0.2) is 0 Å². The number of amides is 1. The fourth-order valence-corrected chi connectivity index (χ4v) is 3.68. The smallest absolute Gasteiger partial charge is 0.226 e. The minimum Gasteiger partial charge on any atom is -0.497 e. The summed E-state index contributed by atoms with van der Waals surface area (Å²) in [6.07, 6.45) is 4.34. The van der Waals surface area contributed by atoms with Gasteiger partial charge in [-0.3, -0.25) is 4.79 Å². The third-order valence-electron chi connectivity index (χ3n) is 4.66. The molecular weight excluding hydrogens is 346 g/mol. The predicted octanol–water partition coefficient (Wildman–Crippen LogP) is 4.08. The van der Waals surface area contributed by atoms with Crippen molar-refractivity contribution in [2.45, 2.75) is 17.2 Å². The topological polar surface area (TPSA) is 56.1 Å². The predicted molar refractivity (Wildman–Crippen MR) is 103 cm³/mol. The van der Waals surface area contributed by atoms with Gasteiger partial charge in [-0.25, -0.2) is 4.68 Å². The van der Waals surface area contributed by atoms with Gasteiger partial charge in [0.2, 0.25) is 5.91 Å². The number of thioether (sulfide) groups is 1. The molecule has 1 aliphatic rings. The number of aromatic nitrogens is 2. The van der Waals surface area contributed by atoms with Crippen LogP contribution in [0.2, 0.25) is 0 Å². The Balaban J connectivity index is 1.74. The van der Waals surface area contributed by atoms with Crippen molar-refractivity contribution in [3.05, 3.63) is 65.9 Å². The molecule has 2 heterocycles. The quantitative estimate of drug-likeness (QED) is 0.708. The Morgan fingerprint density at radius 1 is 1.15 bits per heavy atom. The molecule has 1 aliphatic heterocycles. The third kappa shape index (κ3) is 2.97. The van der Waals surface area contributed by atoms with Gasteiger partial charge in [-0.2, -0.15) is 5.10 Å². The number of carbonyl (C=O) groups excluding carboxylic acids is 1. The van der Waals surface area contributed by atoms with Crippen molar-refractivity contribution in [1.82, 2.24) is 9.78 Å². The molecule has 1 atom stereocenters. The molecule has 3 aromatic rings. The van der Waals surface area contributed by atoms with Crippen LogP contribution in [0.3, 0.4) is 0 Å². The monoisotopic (exact) mass is 365 g/mol. The number of methoxy groups -OCH3 is 1. The Labute approximate surface area is 156 Å². The molecule has 132 valence electrons. The van der Waals surface area contributed by atoms with Gasteiger partial charge in [0.25, 0.3) is 0 Å². The molecule has 5 nitrogen and oxygen atoms in total. The van der Waals surface area contributed by atoms with Crippen LogP contribution in [0.1, 0.15) is 23.5 Å². The van der Waals surface area contributed by atoms with Gasteiger partial charge >= 0.3 is 0 Å². The lowest BCUT2D eigenvalue weighted by molar-refractivity contribution is -0.116. The van der Waals surface area contributed by atoms with E-state index in [-0.39, 0.29) is 11.8 Å². The van der Waals surface area contributed by atoms with Crippen molar-refractivity contribution in [1.29, 1.82) is 0 Å². The van der Waals surface area contributed by atoms with Gasteiger partial charge in [0.05, 0.1) is 19.0 Å². The van der Waals surface area contributed by atoms with E-state index in [1.807, 2.05) is 30.5 Å². The highest BCUT2D eigenvalue weighted by molar-refractivity contribution is 7.98. The summed E-state index contributed by atoms with van der Waals surface area (Å²) in [6.45, 7) is 0. The maximum absolute atomic E-state index is 12.3. The van der Waals surface area contributed by atoms with E-state index in [9.17, 15) is 4.79 Å². The third-order valence-corrected chi connectivity index (χ3v) is 5.40. The molecular formula is C20H19N3O2S. The lowest BCUT2D eigenvalue weighted by atomic mass is 9.87. The standard InChI is InChI=1S/C20H19N3O2S/c1-25-15-7-5-14(6-8-15)23-20-18(12-21-23)17(11-19(24)22-20)13-3-9-16(26-2)10-4-13/h3-10,12,17H,11H2,1-2H3,(H,22,24). The number of nitrogens with one attached hydrogen (secondary N) is 1. The molecule has 1 N–H and O–H groups in total. The molecule has 0 saturated carbocycles. The summed E-state index contributed by atoms with van der Waals surface area (Å²) < 4.78 is 6.98. The second kappa shape index (κ2) is 6.88. The Kier molecular flexibility index (Phi) is 4.42. The lowest BCUT2D eigenvalue weighted by Crippen LogP contribution is -2.24. The summed E-state index contributed by atoms with van der Waals surface area (Å²) in [6, 6.07) is 16.0. The number of nitrogens with zero attached hydrogens (tertiary/aromatic N) is 2. The van der Waals surface area contributed by atoms with Crippen LogP contribution in [0.4, 0.5) is 5.82 Å². The second-order valence-corrected chi connectivity index (χ2v) is 7.02. The molecule has 1 amide bonds. The normalized spacial score (nSPS) is 16.1. The second-order valence-electron chi connectivity index (χ2n) is 6.14. The molecule has 0 saturated heterocycles. The maximum atomic E-state index is 12.3. The van der Waals surface area contributed by atoms with E-state index in [0.29, 0.717) is 6.42 Å². The van der Waals surface area contributed by atoms with E-state index in [4.69, 9.17) is 4.74 Å². The van der Waals surface area contributed by atoms with Gasteiger partial charge in [-0.1, -0.05) is 12.1 Å². The Morgan fingerprint density at radius 3 is 2.54 bits per heavy atom. The summed E-state index contributed by atoms with van der Waals surface area (Å²) in [4.78, 5) is 13.5. The largest absolute Gasteiger partial charge is 0.497 e. The lowest BCUT2D eigenvalue weighted by Gasteiger charge is -2.24. The molecule has 26 heavy (non-hydrogen) atoms. The van der Waals surface area contributed by atoms with Gasteiger partial charge in [0, 0.05) is 22.8 Å². The van der Waals surface area contributed by atoms with Crippen LogP contribution in [0, 0.1) is 0 Å². The first-order valence-electron chi connectivity index (χ1n) is 8.35. The van der Waals surface area contributed by atoms with Crippen LogP contribution in [-0.4, -0.2) is 29.1 Å². The Morgan fingerprint density at radius 2 is 1.88 bits per heavy atom. The van der Waals surface area contributed by atoms with Crippen molar-refractivity contribution in [2.24, 2.45) is 0 Å². The SMILES string of the molecule is COc1ccc(-n2ncc3c2NC(=O)CC3c2ccc(SC)cc2)cc1. The average Bonchev–Trinajstić information content (AvgIpc) is 3.11.